The molecule has 2 heterocycles. The highest BCUT2D eigenvalue weighted by Crippen LogP contribution is 2.26. The standard InChI is InChI=1S/C23H19FN6O2S/c1-26-11-17(10-25)23-14-28-21-6-5-15(8-22(21)29-23)16-7-19(13-27-12-16)30-33(31,32)20-4-2-3-18(24)9-20/h2-14,30H,25H2,1H3. The lowest BCUT2D eigenvalue weighted by Gasteiger charge is -2.10. The molecule has 4 rings (SSSR count). The Morgan fingerprint density at radius 2 is 1.91 bits per heavy atom. The van der Waals surface area contributed by atoms with Gasteiger partial charge in [0.25, 0.3) is 10.0 Å². The summed E-state index contributed by atoms with van der Waals surface area (Å²) in [5, 5.41) is 0. The average molecular weight is 463 g/mol. The first-order valence-corrected chi connectivity index (χ1v) is 11.2. The molecular formula is C23H19FN6O2S. The quantitative estimate of drug-likeness (QED) is 0.422. The van der Waals surface area contributed by atoms with Crippen LogP contribution in [0.1, 0.15) is 5.69 Å². The number of rotatable bonds is 6. The summed E-state index contributed by atoms with van der Waals surface area (Å²) < 4.78 is 41.1. The fourth-order valence-electron chi connectivity index (χ4n) is 3.17. The second kappa shape index (κ2) is 9.13. The van der Waals surface area contributed by atoms with Crippen LogP contribution in [0.15, 0.2) is 83.2 Å². The van der Waals surface area contributed by atoms with Crippen LogP contribution in [0.2, 0.25) is 0 Å². The summed E-state index contributed by atoms with van der Waals surface area (Å²) in [4.78, 5) is 17.0. The summed E-state index contributed by atoms with van der Waals surface area (Å²) in [6.07, 6.45) is 7.60. The van der Waals surface area contributed by atoms with E-state index in [0.717, 1.165) is 11.6 Å². The molecule has 0 aliphatic carbocycles. The molecule has 166 valence electrons. The number of hydrogen-bond acceptors (Lipinski definition) is 7. The van der Waals surface area contributed by atoms with Crippen molar-refractivity contribution in [2.24, 2.45) is 10.7 Å². The van der Waals surface area contributed by atoms with Gasteiger partial charge in [-0.2, -0.15) is 0 Å². The lowest BCUT2D eigenvalue weighted by atomic mass is 10.1. The van der Waals surface area contributed by atoms with Crippen LogP contribution in [0.4, 0.5) is 10.1 Å². The molecule has 0 bridgehead atoms. The maximum Gasteiger partial charge on any atom is 0.262 e. The van der Waals surface area contributed by atoms with Gasteiger partial charge < -0.3 is 5.73 Å². The maximum absolute atomic E-state index is 13.5. The molecule has 0 aliphatic heterocycles. The lowest BCUT2D eigenvalue weighted by Crippen LogP contribution is -2.13. The molecule has 4 aromatic rings. The molecule has 2 aromatic heterocycles. The Morgan fingerprint density at radius 3 is 2.67 bits per heavy atom. The molecule has 8 nitrogen and oxygen atoms in total. The Bertz CT molecular complexity index is 1500. The minimum atomic E-state index is -3.98. The summed E-state index contributed by atoms with van der Waals surface area (Å²) in [7, 11) is -2.34. The third kappa shape index (κ3) is 4.85. The van der Waals surface area contributed by atoms with Gasteiger partial charge in [-0.1, -0.05) is 12.1 Å². The van der Waals surface area contributed by atoms with Crippen molar-refractivity contribution in [3.63, 3.8) is 0 Å². The van der Waals surface area contributed by atoms with E-state index in [-0.39, 0.29) is 10.6 Å². The Morgan fingerprint density at radius 1 is 1.06 bits per heavy atom. The number of aliphatic imine (C=N–C) groups is 1. The molecule has 0 spiro atoms. The Balaban J connectivity index is 1.68. The molecule has 0 aliphatic rings. The molecule has 0 saturated heterocycles. The second-order valence-corrected chi connectivity index (χ2v) is 8.68. The zero-order valence-electron chi connectivity index (χ0n) is 17.5. The first-order chi connectivity index (χ1) is 15.9. The van der Waals surface area contributed by atoms with Crippen LogP contribution in [0.25, 0.3) is 27.7 Å². The topological polar surface area (TPSA) is 123 Å². The van der Waals surface area contributed by atoms with Gasteiger partial charge in [0.15, 0.2) is 0 Å². The van der Waals surface area contributed by atoms with Crippen molar-refractivity contribution < 1.29 is 12.8 Å². The predicted molar refractivity (Wildman–Crippen MR) is 127 cm³/mol. The molecular weight excluding hydrogens is 443 g/mol. The average Bonchev–Trinajstić information content (AvgIpc) is 2.82. The van der Waals surface area contributed by atoms with Crippen molar-refractivity contribution in [2.75, 3.05) is 11.8 Å². The van der Waals surface area contributed by atoms with Gasteiger partial charge in [-0.25, -0.2) is 17.8 Å². The van der Waals surface area contributed by atoms with E-state index in [9.17, 15) is 12.8 Å². The van der Waals surface area contributed by atoms with Gasteiger partial charge in [-0.3, -0.25) is 19.7 Å². The number of benzene rings is 2. The van der Waals surface area contributed by atoms with Crippen LogP contribution in [-0.4, -0.2) is 36.6 Å². The van der Waals surface area contributed by atoms with Gasteiger partial charge >= 0.3 is 0 Å². The smallest absolute Gasteiger partial charge is 0.262 e. The van der Waals surface area contributed by atoms with Crippen molar-refractivity contribution in [1.82, 2.24) is 15.0 Å². The number of nitrogens with one attached hydrogen (secondary N) is 1. The highest BCUT2D eigenvalue weighted by Gasteiger charge is 2.15. The monoisotopic (exact) mass is 462 g/mol. The lowest BCUT2D eigenvalue weighted by molar-refractivity contribution is 0.595. The van der Waals surface area contributed by atoms with Crippen LogP contribution in [0.3, 0.4) is 0 Å². The van der Waals surface area contributed by atoms with Crippen molar-refractivity contribution in [1.29, 1.82) is 0 Å². The van der Waals surface area contributed by atoms with Crippen LogP contribution in [-0.2, 0) is 10.0 Å². The summed E-state index contributed by atoms with van der Waals surface area (Å²) in [5.74, 6) is -0.640. The van der Waals surface area contributed by atoms with Crippen molar-refractivity contribution in [3.8, 4) is 11.1 Å². The molecule has 3 N–H and O–H groups in total. The number of pyridine rings is 1. The third-order valence-electron chi connectivity index (χ3n) is 4.72. The summed E-state index contributed by atoms with van der Waals surface area (Å²) in [6.45, 7) is 0. The number of fused-ring (bicyclic) bond motifs is 1. The highest BCUT2D eigenvalue weighted by atomic mass is 32.2. The normalized spacial score (nSPS) is 12.4. The number of anilines is 1. The first kappa shape index (κ1) is 22.0. The molecule has 2 aromatic carbocycles. The van der Waals surface area contributed by atoms with Gasteiger partial charge in [0.2, 0.25) is 0 Å². The SMILES string of the molecule is CN=CC(=CN)c1cnc2ccc(-c3cncc(NS(=O)(=O)c4cccc(F)c4)c3)cc2n1. The first-order valence-electron chi connectivity index (χ1n) is 9.74. The predicted octanol–water partition coefficient (Wildman–Crippen LogP) is 3.63. The van der Waals surface area contributed by atoms with E-state index in [1.165, 1.54) is 30.6 Å². The minimum Gasteiger partial charge on any atom is -0.404 e. The van der Waals surface area contributed by atoms with Gasteiger partial charge in [-0.15, -0.1) is 0 Å². The van der Waals surface area contributed by atoms with Crippen LogP contribution >= 0.6 is 0 Å². The Labute approximate surface area is 189 Å². The van der Waals surface area contributed by atoms with Gasteiger partial charge in [-0.05, 0) is 42.0 Å². The van der Waals surface area contributed by atoms with E-state index < -0.39 is 15.8 Å². The summed E-state index contributed by atoms with van der Waals surface area (Å²) in [6, 6.07) is 11.9. The number of nitrogens with zero attached hydrogens (tertiary/aromatic N) is 4. The third-order valence-corrected chi connectivity index (χ3v) is 6.09. The number of hydrogen-bond donors (Lipinski definition) is 2. The van der Waals surface area contributed by atoms with Crippen molar-refractivity contribution in [3.05, 3.63) is 84.8 Å². The number of sulfonamides is 1. The molecule has 10 heteroatoms. The van der Waals surface area contributed by atoms with Crippen LogP contribution in [0.5, 0.6) is 0 Å². The highest BCUT2D eigenvalue weighted by molar-refractivity contribution is 7.92. The maximum atomic E-state index is 13.5. The molecule has 0 fully saturated rings. The molecule has 0 saturated carbocycles. The summed E-state index contributed by atoms with van der Waals surface area (Å²) >= 11 is 0. The second-order valence-electron chi connectivity index (χ2n) is 6.99. The van der Waals surface area contributed by atoms with E-state index in [0.29, 0.717) is 27.9 Å². The van der Waals surface area contributed by atoms with Crippen LogP contribution in [0, 0.1) is 5.82 Å². The Hall–Kier alpha value is -4.18. The van der Waals surface area contributed by atoms with E-state index in [1.807, 2.05) is 18.2 Å². The van der Waals surface area contributed by atoms with E-state index in [1.54, 1.807) is 31.7 Å². The van der Waals surface area contributed by atoms with Crippen molar-refractivity contribution >= 4 is 38.5 Å². The fraction of sp³-hybridized carbons (Fsp3) is 0.0435. The summed E-state index contributed by atoms with van der Waals surface area (Å²) in [5.41, 5.74) is 9.84. The van der Waals surface area contributed by atoms with E-state index >= 15 is 0 Å². The number of halogens is 1. The van der Waals surface area contributed by atoms with Crippen LogP contribution < -0.4 is 10.5 Å². The Kier molecular flexibility index (Phi) is 6.09. The zero-order valence-corrected chi connectivity index (χ0v) is 18.3. The zero-order chi connectivity index (χ0) is 23.4. The van der Waals surface area contributed by atoms with E-state index in [4.69, 9.17) is 5.73 Å². The molecule has 0 atom stereocenters. The van der Waals surface area contributed by atoms with Gasteiger partial charge in [0.1, 0.15) is 5.82 Å². The number of nitrogens with two attached hydrogens (primary N) is 1. The van der Waals surface area contributed by atoms with Crippen molar-refractivity contribution in [2.45, 2.75) is 4.90 Å². The molecule has 0 radical (unpaired) electrons. The minimum absolute atomic E-state index is 0.180. The largest absolute Gasteiger partial charge is 0.404 e. The van der Waals surface area contributed by atoms with E-state index in [2.05, 4.69) is 24.7 Å². The van der Waals surface area contributed by atoms with Gasteiger partial charge in [0, 0.05) is 36.8 Å². The van der Waals surface area contributed by atoms with Gasteiger partial charge in [0.05, 0.1) is 39.7 Å². The number of allylic oxidation sites excluding steroid dienone is 1. The number of aromatic nitrogens is 3. The molecule has 0 amide bonds. The molecule has 0 unspecified atom stereocenters. The fourth-order valence-corrected chi connectivity index (χ4v) is 4.23. The molecule has 33 heavy (non-hydrogen) atoms.